The van der Waals surface area contributed by atoms with Gasteiger partial charge in [0.1, 0.15) is 5.82 Å². The number of amides is 1. The Hall–Kier alpha value is -2.62. The lowest BCUT2D eigenvalue weighted by atomic mass is 9.95. The third-order valence-corrected chi connectivity index (χ3v) is 5.24. The van der Waals surface area contributed by atoms with E-state index in [1.54, 1.807) is 12.3 Å². The minimum absolute atomic E-state index is 0.168. The van der Waals surface area contributed by atoms with Gasteiger partial charge in [-0.2, -0.15) is 0 Å². The highest BCUT2D eigenvalue weighted by Gasteiger charge is 2.22. The molecule has 3 nitrogen and oxygen atoms in total. The molecule has 3 aromatic rings. The number of fused-ring (bicyclic) bond motifs is 1. The molecule has 0 aliphatic heterocycles. The normalized spacial score (nSPS) is 15.3. The number of nitrogens with one attached hydrogen (secondary N) is 1. The molecule has 0 bridgehead atoms. The molecule has 26 heavy (non-hydrogen) atoms. The van der Waals surface area contributed by atoms with Crippen molar-refractivity contribution in [3.63, 3.8) is 0 Å². The molecule has 2 aromatic carbocycles. The third-order valence-electron chi connectivity index (χ3n) is 5.24. The van der Waals surface area contributed by atoms with Crippen molar-refractivity contribution in [2.75, 3.05) is 0 Å². The maximum atomic E-state index is 14.5. The standard InChI is InChI=1S/C22H23FN2O/c23-19-12-7-13-20-21(19)18(22(26)24-17-10-5-2-6-11-17)15-25(20)14-16-8-3-1-4-9-16/h1,3-4,7-9,12-13,15,17H,2,5-6,10-11,14H2,(H,24,26). The van der Waals surface area contributed by atoms with Gasteiger partial charge < -0.3 is 9.88 Å². The van der Waals surface area contributed by atoms with Crippen LogP contribution in [0.25, 0.3) is 10.9 Å². The average molecular weight is 350 g/mol. The molecule has 1 fully saturated rings. The number of carbonyl (C=O) groups excluding carboxylic acids is 1. The van der Waals surface area contributed by atoms with Crippen molar-refractivity contribution in [3.05, 3.63) is 71.7 Å². The monoisotopic (exact) mass is 350 g/mol. The number of carbonyl (C=O) groups is 1. The molecule has 1 aliphatic carbocycles. The third kappa shape index (κ3) is 3.36. The second-order valence-electron chi connectivity index (χ2n) is 7.10. The molecule has 0 radical (unpaired) electrons. The van der Waals surface area contributed by atoms with Gasteiger partial charge in [-0.05, 0) is 30.5 Å². The molecule has 1 saturated carbocycles. The molecule has 134 valence electrons. The number of hydrogen-bond acceptors (Lipinski definition) is 1. The van der Waals surface area contributed by atoms with E-state index in [0.717, 1.165) is 36.8 Å². The number of halogens is 1. The Labute approximate surface area is 152 Å². The van der Waals surface area contributed by atoms with Crippen LogP contribution in [0.1, 0.15) is 48.0 Å². The molecule has 1 heterocycles. The lowest BCUT2D eigenvalue weighted by molar-refractivity contribution is 0.0929. The summed E-state index contributed by atoms with van der Waals surface area (Å²) in [5.41, 5.74) is 2.30. The van der Waals surface area contributed by atoms with Crippen molar-refractivity contribution in [1.82, 2.24) is 9.88 Å². The minimum Gasteiger partial charge on any atom is -0.349 e. The summed E-state index contributed by atoms with van der Waals surface area (Å²) in [6, 6.07) is 15.2. The molecule has 0 unspecified atom stereocenters. The van der Waals surface area contributed by atoms with E-state index in [2.05, 4.69) is 5.32 Å². The van der Waals surface area contributed by atoms with Gasteiger partial charge in [0.05, 0.1) is 11.1 Å². The van der Waals surface area contributed by atoms with Crippen LogP contribution < -0.4 is 5.32 Å². The largest absolute Gasteiger partial charge is 0.349 e. The zero-order valence-corrected chi connectivity index (χ0v) is 14.7. The highest BCUT2D eigenvalue weighted by atomic mass is 19.1. The predicted octanol–water partition coefficient (Wildman–Crippen LogP) is 4.89. The van der Waals surface area contributed by atoms with Crippen molar-refractivity contribution in [1.29, 1.82) is 0 Å². The van der Waals surface area contributed by atoms with Crippen LogP contribution in [0.2, 0.25) is 0 Å². The van der Waals surface area contributed by atoms with Crippen LogP contribution in [0.4, 0.5) is 4.39 Å². The van der Waals surface area contributed by atoms with Gasteiger partial charge in [0, 0.05) is 24.2 Å². The summed E-state index contributed by atoms with van der Waals surface area (Å²) in [4.78, 5) is 12.9. The molecular weight excluding hydrogens is 327 g/mol. The Kier molecular flexibility index (Phi) is 4.74. The number of rotatable bonds is 4. The van der Waals surface area contributed by atoms with Gasteiger partial charge in [-0.25, -0.2) is 4.39 Å². The fourth-order valence-electron chi connectivity index (χ4n) is 3.90. The Balaban J connectivity index is 1.68. The van der Waals surface area contributed by atoms with Crippen LogP contribution in [0.15, 0.2) is 54.7 Å². The van der Waals surface area contributed by atoms with Gasteiger partial charge in [0.15, 0.2) is 0 Å². The first-order chi connectivity index (χ1) is 12.7. The maximum Gasteiger partial charge on any atom is 0.253 e. The molecule has 1 aliphatic rings. The summed E-state index contributed by atoms with van der Waals surface area (Å²) in [7, 11) is 0. The van der Waals surface area contributed by atoms with Crippen molar-refractivity contribution in [2.24, 2.45) is 0 Å². The van der Waals surface area contributed by atoms with Gasteiger partial charge in [-0.3, -0.25) is 4.79 Å². The van der Waals surface area contributed by atoms with Crippen molar-refractivity contribution in [2.45, 2.75) is 44.7 Å². The molecule has 1 amide bonds. The van der Waals surface area contributed by atoms with E-state index in [1.807, 2.05) is 41.0 Å². The van der Waals surface area contributed by atoms with E-state index in [4.69, 9.17) is 0 Å². The highest BCUT2D eigenvalue weighted by Crippen LogP contribution is 2.26. The van der Waals surface area contributed by atoms with Gasteiger partial charge in [-0.1, -0.05) is 55.7 Å². The number of benzene rings is 2. The van der Waals surface area contributed by atoms with Gasteiger partial charge in [0.25, 0.3) is 5.91 Å². The Morgan fingerprint density at radius 2 is 1.81 bits per heavy atom. The lowest BCUT2D eigenvalue weighted by Crippen LogP contribution is -2.36. The lowest BCUT2D eigenvalue weighted by Gasteiger charge is -2.22. The molecule has 0 saturated heterocycles. The Morgan fingerprint density at radius 3 is 2.58 bits per heavy atom. The second kappa shape index (κ2) is 7.32. The molecule has 1 aromatic heterocycles. The summed E-state index contributed by atoms with van der Waals surface area (Å²) < 4.78 is 16.5. The van der Waals surface area contributed by atoms with Crippen molar-refractivity contribution in [3.8, 4) is 0 Å². The maximum absolute atomic E-state index is 14.5. The number of aromatic nitrogens is 1. The first kappa shape index (κ1) is 16.8. The fraction of sp³-hybridized carbons (Fsp3) is 0.318. The van der Waals surface area contributed by atoms with E-state index in [9.17, 15) is 9.18 Å². The van der Waals surface area contributed by atoms with Crippen LogP contribution in [-0.2, 0) is 6.54 Å². The molecule has 4 heteroatoms. The molecular formula is C22H23FN2O. The summed E-state index contributed by atoms with van der Waals surface area (Å²) in [5, 5.41) is 3.53. The first-order valence-corrected chi connectivity index (χ1v) is 9.34. The van der Waals surface area contributed by atoms with Gasteiger partial charge in [0.2, 0.25) is 0 Å². The summed E-state index contributed by atoms with van der Waals surface area (Å²) in [6.45, 7) is 0.609. The van der Waals surface area contributed by atoms with Crippen LogP contribution in [0.5, 0.6) is 0 Å². The predicted molar refractivity (Wildman–Crippen MR) is 102 cm³/mol. The van der Waals surface area contributed by atoms with E-state index >= 15 is 0 Å². The topological polar surface area (TPSA) is 34.0 Å². The number of hydrogen-bond donors (Lipinski definition) is 1. The van der Waals surface area contributed by atoms with Crippen LogP contribution in [0.3, 0.4) is 0 Å². The summed E-state index contributed by atoms with van der Waals surface area (Å²) in [6.07, 6.45) is 7.34. The zero-order chi connectivity index (χ0) is 17.9. The summed E-state index contributed by atoms with van der Waals surface area (Å²) in [5.74, 6) is -0.512. The van der Waals surface area contributed by atoms with Crippen LogP contribution >= 0.6 is 0 Å². The van der Waals surface area contributed by atoms with Gasteiger partial charge >= 0.3 is 0 Å². The minimum atomic E-state index is -0.344. The van der Waals surface area contributed by atoms with E-state index in [-0.39, 0.29) is 17.8 Å². The number of nitrogens with zero attached hydrogens (tertiary/aromatic N) is 1. The van der Waals surface area contributed by atoms with E-state index < -0.39 is 0 Å². The molecule has 1 N–H and O–H groups in total. The molecule has 0 atom stereocenters. The van der Waals surface area contributed by atoms with Gasteiger partial charge in [-0.15, -0.1) is 0 Å². The molecule has 0 spiro atoms. The first-order valence-electron chi connectivity index (χ1n) is 9.34. The van der Waals surface area contributed by atoms with Crippen molar-refractivity contribution < 1.29 is 9.18 Å². The Morgan fingerprint density at radius 1 is 1.04 bits per heavy atom. The average Bonchev–Trinajstić information content (AvgIpc) is 3.03. The van der Waals surface area contributed by atoms with E-state index in [1.165, 1.54) is 12.5 Å². The van der Waals surface area contributed by atoms with Crippen LogP contribution in [0, 0.1) is 5.82 Å². The fourth-order valence-corrected chi connectivity index (χ4v) is 3.90. The highest BCUT2D eigenvalue weighted by molar-refractivity contribution is 6.07. The van der Waals surface area contributed by atoms with Crippen LogP contribution in [-0.4, -0.2) is 16.5 Å². The second-order valence-corrected chi connectivity index (χ2v) is 7.10. The Bertz CT molecular complexity index is 911. The summed E-state index contributed by atoms with van der Waals surface area (Å²) >= 11 is 0. The molecule has 4 rings (SSSR count). The van der Waals surface area contributed by atoms with Crippen molar-refractivity contribution >= 4 is 16.8 Å². The van der Waals surface area contributed by atoms with E-state index in [0.29, 0.717) is 17.5 Å². The quantitative estimate of drug-likeness (QED) is 0.714. The smallest absolute Gasteiger partial charge is 0.253 e. The zero-order valence-electron chi connectivity index (χ0n) is 14.7. The SMILES string of the molecule is O=C(NC1CCCCC1)c1cn(Cc2ccccc2)c2cccc(F)c12.